The number of aromatic nitrogens is 3. The largest absolute Gasteiger partial charge is 0.450 e. The average molecular weight is 365 g/mol. The number of hydrogen-bond acceptors (Lipinski definition) is 6. The fourth-order valence-electron chi connectivity index (χ4n) is 1.58. The van der Waals surface area contributed by atoms with Gasteiger partial charge in [0, 0.05) is 12.6 Å². The highest BCUT2D eigenvalue weighted by Crippen LogP contribution is 2.26. The van der Waals surface area contributed by atoms with Gasteiger partial charge in [-0.05, 0) is 22.9 Å². The number of aliphatic hydroxyl groups is 1. The molecule has 20 heavy (non-hydrogen) atoms. The second kappa shape index (κ2) is 6.04. The van der Waals surface area contributed by atoms with Crippen LogP contribution < -0.4 is 4.72 Å². The van der Waals surface area contributed by atoms with Crippen LogP contribution in [-0.4, -0.2) is 28.3 Å². The van der Waals surface area contributed by atoms with Crippen LogP contribution in [-0.2, 0) is 29.7 Å². The van der Waals surface area contributed by atoms with E-state index >= 15 is 0 Å². The highest BCUT2D eigenvalue weighted by atomic mass is 79.9. The zero-order chi connectivity index (χ0) is 14.8. The zero-order valence-electron chi connectivity index (χ0n) is 10.6. The first-order chi connectivity index (χ1) is 9.47. The lowest BCUT2D eigenvalue weighted by atomic mass is 10.5. The Hall–Kier alpha value is -1.23. The molecule has 0 radical (unpaired) electrons. The molecule has 2 heterocycles. The fraction of sp³-hybridized carbons (Fsp3) is 0.400. The third-order valence-corrected chi connectivity index (χ3v) is 4.87. The number of hydrogen-bond donors (Lipinski definition) is 2. The Morgan fingerprint density at radius 1 is 1.55 bits per heavy atom. The van der Waals surface area contributed by atoms with Crippen molar-refractivity contribution in [2.75, 3.05) is 0 Å². The zero-order valence-corrected chi connectivity index (χ0v) is 13.0. The summed E-state index contributed by atoms with van der Waals surface area (Å²) in [6.45, 7) is 2.19. The Morgan fingerprint density at radius 3 is 2.90 bits per heavy atom. The number of rotatable bonds is 6. The monoisotopic (exact) mass is 364 g/mol. The maximum Gasteiger partial charge on any atom is 0.245 e. The summed E-state index contributed by atoms with van der Waals surface area (Å²) in [5, 5.41) is 16.5. The van der Waals surface area contributed by atoms with E-state index in [0.717, 1.165) is 0 Å². The third-order valence-electron chi connectivity index (χ3n) is 2.61. The van der Waals surface area contributed by atoms with E-state index in [-0.39, 0.29) is 28.5 Å². The third kappa shape index (κ3) is 3.08. The minimum atomic E-state index is -3.76. The smallest absolute Gasteiger partial charge is 0.245 e. The molecule has 2 N–H and O–H groups in total. The van der Waals surface area contributed by atoms with Crippen LogP contribution in [0.15, 0.2) is 26.4 Å². The van der Waals surface area contributed by atoms with Crippen LogP contribution in [0.2, 0.25) is 0 Å². The standard InChI is InChI=1S/C10H13BrN4O4S/c1-2-15-6-12-14-9(15)4-13-20(17,18)8-3-7(5-16)19-10(8)11/h3,6,13,16H,2,4-5H2,1H3. The van der Waals surface area contributed by atoms with Gasteiger partial charge in [-0.2, -0.15) is 0 Å². The number of sulfonamides is 1. The van der Waals surface area contributed by atoms with Gasteiger partial charge in [0.05, 0.1) is 6.54 Å². The predicted octanol–water partition coefficient (Wildman–Crippen LogP) is 0.624. The average Bonchev–Trinajstić information content (AvgIpc) is 3.02. The van der Waals surface area contributed by atoms with Gasteiger partial charge in [0.15, 0.2) is 4.67 Å². The van der Waals surface area contributed by atoms with Crippen LogP contribution in [0.5, 0.6) is 0 Å². The molecule has 2 aromatic heterocycles. The van der Waals surface area contributed by atoms with Gasteiger partial charge in [-0.3, -0.25) is 0 Å². The Kier molecular flexibility index (Phi) is 4.58. The molecule has 2 rings (SSSR count). The van der Waals surface area contributed by atoms with Gasteiger partial charge in [0.25, 0.3) is 0 Å². The van der Waals surface area contributed by atoms with Crippen LogP contribution >= 0.6 is 15.9 Å². The van der Waals surface area contributed by atoms with Crippen LogP contribution in [0, 0.1) is 0 Å². The molecule has 10 heteroatoms. The number of halogens is 1. The molecular formula is C10H13BrN4O4S. The molecule has 2 aromatic rings. The molecule has 0 spiro atoms. The van der Waals surface area contributed by atoms with Crippen molar-refractivity contribution in [2.24, 2.45) is 0 Å². The molecule has 0 aliphatic heterocycles. The van der Waals surface area contributed by atoms with Crippen molar-refractivity contribution >= 4 is 26.0 Å². The molecule has 0 aromatic carbocycles. The Morgan fingerprint density at radius 2 is 2.30 bits per heavy atom. The molecule has 0 amide bonds. The number of furan rings is 1. The second-order valence-electron chi connectivity index (χ2n) is 3.87. The molecule has 0 saturated carbocycles. The van der Waals surface area contributed by atoms with Crippen LogP contribution in [0.25, 0.3) is 0 Å². The first-order valence-electron chi connectivity index (χ1n) is 5.73. The predicted molar refractivity (Wildman–Crippen MR) is 72.1 cm³/mol. The molecule has 0 fully saturated rings. The Labute approximate surface area is 124 Å². The first kappa shape index (κ1) is 15.2. The summed E-state index contributed by atoms with van der Waals surface area (Å²) < 4.78 is 33.5. The van der Waals surface area contributed by atoms with Crippen molar-refractivity contribution in [1.82, 2.24) is 19.5 Å². The minimum absolute atomic E-state index is 0.0161. The van der Waals surface area contributed by atoms with Crippen molar-refractivity contribution in [2.45, 2.75) is 31.5 Å². The van der Waals surface area contributed by atoms with E-state index < -0.39 is 10.0 Å². The molecule has 0 saturated heterocycles. The van der Waals surface area contributed by atoms with E-state index in [2.05, 4.69) is 30.8 Å². The molecule has 0 unspecified atom stereocenters. The molecule has 0 atom stereocenters. The molecule has 110 valence electrons. The van der Waals surface area contributed by atoms with Crippen LogP contribution in [0.3, 0.4) is 0 Å². The first-order valence-corrected chi connectivity index (χ1v) is 8.01. The quantitative estimate of drug-likeness (QED) is 0.777. The summed E-state index contributed by atoms with van der Waals surface area (Å²) in [6.07, 6.45) is 1.53. The van der Waals surface area contributed by atoms with Crippen molar-refractivity contribution in [1.29, 1.82) is 0 Å². The van der Waals surface area contributed by atoms with Crippen LogP contribution in [0.1, 0.15) is 18.5 Å². The maximum atomic E-state index is 12.1. The number of aryl methyl sites for hydroxylation is 1. The minimum Gasteiger partial charge on any atom is -0.450 e. The van der Waals surface area contributed by atoms with Gasteiger partial charge < -0.3 is 14.1 Å². The van der Waals surface area contributed by atoms with E-state index in [0.29, 0.717) is 12.4 Å². The van der Waals surface area contributed by atoms with Crippen molar-refractivity contribution < 1.29 is 17.9 Å². The van der Waals surface area contributed by atoms with Crippen molar-refractivity contribution in [3.63, 3.8) is 0 Å². The van der Waals surface area contributed by atoms with E-state index in [1.54, 1.807) is 4.57 Å². The molecule has 0 aliphatic carbocycles. The highest BCUT2D eigenvalue weighted by molar-refractivity contribution is 9.10. The van der Waals surface area contributed by atoms with Crippen LogP contribution in [0.4, 0.5) is 0 Å². The van der Waals surface area contributed by atoms with Crippen molar-refractivity contribution in [3.8, 4) is 0 Å². The van der Waals surface area contributed by atoms with Gasteiger partial charge in [-0.15, -0.1) is 10.2 Å². The lowest BCUT2D eigenvalue weighted by molar-refractivity contribution is 0.245. The molecular weight excluding hydrogens is 352 g/mol. The number of nitrogens with one attached hydrogen (secondary N) is 1. The summed E-state index contributed by atoms with van der Waals surface area (Å²) in [4.78, 5) is -0.0656. The SMILES string of the molecule is CCn1cnnc1CNS(=O)(=O)c1cc(CO)oc1Br. The molecule has 0 bridgehead atoms. The second-order valence-corrected chi connectivity index (χ2v) is 6.32. The summed E-state index contributed by atoms with van der Waals surface area (Å²) in [6, 6.07) is 1.26. The van der Waals surface area contributed by atoms with Gasteiger partial charge in [0.1, 0.15) is 29.4 Å². The summed E-state index contributed by atoms with van der Waals surface area (Å²) >= 11 is 3.01. The maximum absolute atomic E-state index is 12.1. The highest BCUT2D eigenvalue weighted by Gasteiger charge is 2.22. The normalized spacial score (nSPS) is 11.9. The lowest BCUT2D eigenvalue weighted by Crippen LogP contribution is -2.25. The van der Waals surface area contributed by atoms with Gasteiger partial charge >= 0.3 is 0 Å². The molecule has 0 aliphatic rings. The van der Waals surface area contributed by atoms with Crippen molar-refractivity contribution in [3.05, 3.63) is 28.6 Å². The van der Waals surface area contributed by atoms with Gasteiger partial charge in [-0.1, -0.05) is 0 Å². The summed E-state index contributed by atoms with van der Waals surface area (Å²) in [5.74, 6) is 0.673. The Bertz CT molecular complexity index is 694. The topological polar surface area (TPSA) is 110 Å². The van der Waals surface area contributed by atoms with Gasteiger partial charge in [0.2, 0.25) is 10.0 Å². The van der Waals surface area contributed by atoms with E-state index in [1.807, 2.05) is 6.92 Å². The Balaban J connectivity index is 2.17. The fourth-order valence-corrected chi connectivity index (χ4v) is 3.55. The van der Waals surface area contributed by atoms with E-state index in [9.17, 15) is 8.42 Å². The number of nitrogens with zero attached hydrogens (tertiary/aromatic N) is 3. The summed E-state index contributed by atoms with van der Waals surface area (Å²) in [5.41, 5.74) is 0. The van der Waals surface area contributed by atoms with Gasteiger partial charge in [-0.25, -0.2) is 13.1 Å². The van der Waals surface area contributed by atoms with E-state index in [1.165, 1.54) is 12.4 Å². The number of aliphatic hydroxyl groups excluding tert-OH is 1. The van der Waals surface area contributed by atoms with E-state index in [4.69, 9.17) is 9.52 Å². The summed E-state index contributed by atoms with van der Waals surface area (Å²) in [7, 11) is -3.76. The molecule has 8 nitrogen and oxygen atoms in total. The lowest BCUT2D eigenvalue weighted by Gasteiger charge is -2.05.